The first kappa shape index (κ1) is 19.9. The van der Waals surface area contributed by atoms with Gasteiger partial charge in [0, 0.05) is 64.8 Å². The average molecular weight is 400 g/mol. The lowest BCUT2D eigenvalue weighted by Gasteiger charge is -2.45. The number of hydrogen-bond donors (Lipinski definition) is 1. The van der Waals surface area contributed by atoms with Crippen molar-refractivity contribution in [1.82, 2.24) is 14.4 Å². The minimum atomic E-state index is -0.552. The number of aryl methyl sites for hydroxylation is 1. The number of halogens is 1. The molecule has 3 heterocycles. The number of amides is 1. The van der Waals surface area contributed by atoms with E-state index in [2.05, 4.69) is 9.80 Å². The number of piperazine rings is 1. The lowest BCUT2D eigenvalue weighted by atomic mass is 9.98. The van der Waals surface area contributed by atoms with Crippen LogP contribution in [0, 0.1) is 5.82 Å². The predicted molar refractivity (Wildman–Crippen MR) is 110 cm³/mol. The van der Waals surface area contributed by atoms with Gasteiger partial charge in [-0.05, 0) is 30.2 Å². The summed E-state index contributed by atoms with van der Waals surface area (Å²) in [6.45, 7) is 4.09. The van der Waals surface area contributed by atoms with Crippen molar-refractivity contribution in [3.8, 4) is 0 Å². The molecule has 0 aliphatic carbocycles. The number of carbonyl (C=O) groups excluding carboxylic acids is 1. The molecule has 0 spiro atoms. The van der Waals surface area contributed by atoms with Crippen LogP contribution in [-0.2, 0) is 18.3 Å². The van der Waals surface area contributed by atoms with Gasteiger partial charge in [-0.15, -0.1) is 0 Å². The number of nitrogens with zero attached hydrogens (tertiary/aromatic N) is 4. The van der Waals surface area contributed by atoms with Crippen molar-refractivity contribution in [3.05, 3.63) is 54.1 Å². The van der Waals surface area contributed by atoms with Crippen molar-refractivity contribution in [2.24, 2.45) is 7.05 Å². The van der Waals surface area contributed by atoms with Gasteiger partial charge < -0.3 is 19.5 Å². The predicted octanol–water partition coefficient (Wildman–Crippen LogP) is 1.49. The van der Waals surface area contributed by atoms with Crippen LogP contribution in [0.5, 0.6) is 0 Å². The Hall–Kier alpha value is -2.38. The maximum atomic E-state index is 14.0. The quantitative estimate of drug-likeness (QED) is 0.845. The molecule has 0 radical (unpaired) electrons. The molecule has 1 aromatic heterocycles. The smallest absolute Gasteiger partial charge is 0.227 e. The standard InChI is InChI=1S/C22H29FN4O2/c1-24-8-6-17(15-24)14-22(29)27-9-7-20(21(28)16-27)26-12-10-25(11-13-26)19-5-3-2-4-18(19)23/h2-6,8,15,20-21,28H,7,9-14,16H2,1H3/t20-,21-/m1/s1. The van der Waals surface area contributed by atoms with E-state index in [1.165, 1.54) is 6.07 Å². The number of rotatable bonds is 4. The molecule has 2 fully saturated rings. The van der Waals surface area contributed by atoms with Crippen molar-refractivity contribution in [3.63, 3.8) is 0 Å². The highest BCUT2D eigenvalue weighted by Crippen LogP contribution is 2.24. The second-order valence-corrected chi connectivity index (χ2v) is 8.10. The number of aliphatic hydroxyl groups is 1. The number of anilines is 1. The number of carbonyl (C=O) groups is 1. The zero-order chi connectivity index (χ0) is 20.4. The number of aliphatic hydroxyl groups excluding tert-OH is 1. The van der Waals surface area contributed by atoms with Gasteiger partial charge in [0.2, 0.25) is 5.91 Å². The van der Waals surface area contributed by atoms with E-state index >= 15 is 0 Å². The Balaban J connectivity index is 1.29. The number of para-hydroxylation sites is 1. The van der Waals surface area contributed by atoms with Crippen LogP contribution in [0.4, 0.5) is 10.1 Å². The molecule has 2 aliphatic rings. The second kappa shape index (κ2) is 8.55. The van der Waals surface area contributed by atoms with E-state index < -0.39 is 6.10 Å². The number of aromatic nitrogens is 1. The Morgan fingerprint density at radius 2 is 1.90 bits per heavy atom. The molecular weight excluding hydrogens is 371 g/mol. The van der Waals surface area contributed by atoms with Crippen LogP contribution in [0.3, 0.4) is 0 Å². The van der Waals surface area contributed by atoms with Gasteiger partial charge in [-0.2, -0.15) is 0 Å². The van der Waals surface area contributed by atoms with Crippen LogP contribution in [0.2, 0.25) is 0 Å². The minimum Gasteiger partial charge on any atom is -0.390 e. The van der Waals surface area contributed by atoms with Gasteiger partial charge in [-0.3, -0.25) is 9.69 Å². The van der Waals surface area contributed by atoms with Crippen molar-refractivity contribution in [1.29, 1.82) is 0 Å². The molecule has 29 heavy (non-hydrogen) atoms. The largest absolute Gasteiger partial charge is 0.390 e. The first-order valence-corrected chi connectivity index (χ1v) is 10.3. The topological polar surface area (TPSA) is 52.0 Å². The maximum absolute atomic E-state index is 14.0. The molecule has 7 heteroatoms. The number of β-amino-alcohol motifs (C(OH)–C–C–N with tert-alkyl or cyclic N) is 1. The lowest BCUT2D eigenvalue weighted by molar-refractivity contribution is -0.135. The van der Waals surface area contributed by atoms with Crippen molar-refractivity contribution >= 4 is 11.6 Å². The number of piperidine rings is 1. The molecule has 1 aromatic carbocycles. The highest BCUT2D eigenvalue weighted by Gasteiger charge is 2.35. The first-order valence-electron chi connectivity index (χ1n) is 10.3. The van der Waals surface area contributed by atoms with Gasteiger partial charge in [0.05, 0.1) is 18.2 Å². The van der Waals surface area contributed by atoms with Crippen molar-refractivity contribution < 1.29 is 14.3 Å². The molecule has 1 amide bonds. The SMILES string of the molecule is Cn1ccc(CC(=O)N2CC[C@@H](N3CCN(c4ccccc4F)CC3)[C@H](O)C2)c1. The molecular formula is C22H29FN4O2. The molecule has 156 valence electrons. The van der Waals surface area contributed by atoms with Crippen molar-refractivity contribution in [2.45, 2.75) is 25.0 Å². The van der Waals surface area contributed by atoms with Gasteiger partial charge in [0.1, 0.15) is 5.82 Å². The summed E-state index contributed by atoms with van der Waals surface area (Å²) in [5, 5.41) is 10.7. The van der Waals surface area contributed by atoms with Crippen LogP contribution in [0.1, 0.15) is 12.0 Å². The van der Waals surface area contributed by atoms with E-state index in [9.17, 15) is 14.3 Å². The third kappa shape index (κ3) is 4.46. The Bertz CT molecular complexity index is 847. The maximum Gasteiger partial charge on any atom is 0.227 e. The van der Waals surface area contributed by atoms with Crippen molar-refractivity contribution in [2.75, 3.05) is 44.2 Å². The summed E-state index contributed by atoms with van der Waals surface area (Å²) >= 11 is 0. The molecule has 0 saturated carbocycles. The summed E-state index contributed by atoms with van der Waals surface area (Å²) in [5.74, 6) is -0.121. The van der Waals surface area contributed by atoms with Crippen LogP contribution < -0.4 is 4.90 Å². The summed E-state index contributed by atoms with van der Waals surface area (Å²) < 4.78 is 16.0. The monoisotopic (exact) mass is 400 g/mol. The third-order valence-corrected chi connectivity index (χ3v) is 6.12. The molecule has 0 bridgehead atoms. The summed E-state index contributed by atoms with van der Waals surface area (Å²) in [4.78, 5) is 18.7. The second-order valence-electron chi connectivity index (χ2n) is 8.10. The van der Waals surface area contributed by atoms with E-state index in [1.54, 1.807) is 11.0 Å². The fraction of sp³-hybridized carbons (Fsp3) is 0.500. The summed E-state index contributed by atoms with van der Waals surface area (Å²) in [5.41, 5.74) is 1.65. The summed E-state index contributed by atoms with van der Waals surface area (Å²) in [6, 6.07) is 8.88. The van der Waals surface area contributed by atoms with Gasteiger partial charge in [0.15, 0.2) is 0 Å². The van der Waals surface area contributed by atoms with E-state index in [0.717, 1.165) is 38.2 Å². The Labute approximate surface area is 171 Å². The Morgan fingerprint density at radius 1 is 1.14 bits per heavy atom. The number of likely N-dealkylation sites (tertiary alicyclic amines) is 1. The fourth-order valence-corrected chi connectivity index (χ4v) is 4.53. The van der Waals surface area contributed by atoms with Gasteiger partial charge in [-0.1, -0.05) is 12.1 Å². The summed E-state index contributed by atoms with van der Waals surface area (Å²) in [7, 11) is 1.94. The number of hydrogen-bond acceptors (Lipinski definition) is 4. The van der Waals surface area contributed by atoms with Crippen LogP contribution in [-0.4, -0.2) is 76.8 Å². The van der Waals surface area contributed by atoms with Crippen LogP contribution in [0.15, 0.2) is 42.7 Å². The third-order valence-electron chi connectivity index (χ3n) is 6.12. The van der Waals surface area contributed by atoms with Gasteiger partial charge >= 0.3 is 0 Å². The highest BCUT2D eigenvalue weighted by molar-refractivity contribution is 5.78. The van der Waals surface area contributed by atoms with Gasteiger partial charge in [0.25, 0.3) is 0 Å². The zero-order valence-electron chi connectivity index (χ0n) is 16.9. The highest BCUT2D eigenvalue weighted by atomic mass is 19.1. The minimum absolute atomic E-state index is 0.0542. The average Bonchev–Trinajstić information content (AvgIpc) is 3.13. The Morgan fingerprint density at radius 3 is 2.55 bits per heavy atom. The zero-order valence-corrected chi connectivity index (χ0v) is 16.9. The summed E-state index contributed by atoms with van der Waals surface area (Å²) in [6.07, 6.45) is 4.48. The molecule has 2 aliphatic heterocycles. The lowest BCUT2D eigenvalue weighted by Crippen LogP contribution is -2.59. The molecule has 2 saturated heterocycles. The number of benzene rings is 1. The normalized spacial score (nSPS) is 23.4. The molecule has 0 unspecified atom stereocenters. The molecule has 4 rings (SSSR count). The van der Waals surface area contributed by atoms with E-state index in [4.69, 9.17) is 0 Å². The first-order chi connectivity index (χ1) is 14.0. The molecule has 6 nitrogen and oxygen atoms in total. The molecule has 1 N–H and O–H groups in total. The van der Waals surface area contributed by atoms with Gasteiger partial charge in [-0.25, -0.2) is 4.39 Å². The molecule has 2 atom stereocenters. The molecule has 2 aromatic rings. The van der Waals surface area contributed by atoms with E-state index in [0.29, 0.717) is 25.2 Å². The van der Waals surface area contributed by atoms with Crippen LogP contribution in [0.25, 0.3) is 0 Å². The van der Waals surface area contributed by atoms with E-state index in [1.807, 2.05) is 42.2 Å². The Kier molecular flexibility index (Phi) is 5.87. The van der Waals surface area contributed by atoms with Crippen LogP contribution >= 0.6 is 0 Å². The fourth-order valence-electron chi connectivity index (χ4n) is 4.53. The van der Waals surface area contributed by atoms with E-state index in [-0.39, 0.29) is 17.8 Å².